The highest BCUT2D eigenvalue weighted by Crippen LogP contribution is 2.18. The number of amides is 2. The van der Waals surface area contributed by atoms with Crippen LogP contribution < -0.4 is 10.6 Å². The largest absolute Gasteiger partial charge is 0.459 e. The molecule has 2 heterocycles. The number of hydrogen-bond acceptors (Lipinski definition) is 4. The molecular weight excluding hydrogens is 366 g/mol. The molecule has 1 aliphatic heterocycles. The van der Waals surface area contributed by atoms with Gasteiger partial charge < -0.3 is 15.1 Å². The highest BCUT2D eigenvalue weighted by Gasteiger charge is 2.13. The summed E-state index contributed by atoms with van der Waals surface area (Å²) in [6.45, 7) is 3.19. The van der Waals surface area contributed by atoms with Crippen molar-refractivity contribution in [2.24, 2.45) is 0 Å². The van der Waals surface area contributed by atoms with Crippen LogP contribution in [0.5, 0.6) is 0 Å². The molecule has 29 heavy (non-hydrogen) atoms. The van der Waals surface area contributed by atoms with Crippen molar-refractivity contribution < 1.29 is 14.0 Å². The highest BCUT2D eigenvalue weighted by molar-refractivity contribution is 6.05. The molecule has 1 aromatic heterocycles. The Hall–Kier alpha value is -3.38. The monoisotopic (exact) mass is 389 g/mol. The average Bonchev–Trinajstić information content (AvgIpc) is 3.43. The number of likely N-dealkylation sites (tertiary alicyclic amines) is 1. The van der Waals surface area contributed by atoms with Gasteiger partial charge in [-0.3, -0.25) is 14.5 Å². The summed E-state index contributed by atoms with van der Waals surface area (Å²) in [4.78, 5) is 27.0. The summed E-state index contributed by atoms with van der Waals surface area (Å²) in [7, 11) is 0. The zero-order chi connectivity index (χ0) is 20.1. The third-order valence-corrected chi connectivity index (χ3v) is 4.94. The van der Waals surface area contributed by atoms with Gasteiger partial charge in [0.2, 0.25) is 0 Å². The summed E-state index contributed by atoms with van der Waals surface area (Å²) in [6.07, 6.45) is 3.96. The van der Waals surface area contributed by atoms with E-state index in [2.05, 4.69) is 21.6 Å². The summed E-state index contributed by atoms with van der Waals surface area (Å²) in [5, 5.41) is 5.68. The minimum Gasteiger partial charge on any atom is -0.459 e. The lowest BCUT2D eigenvalue weighted by Crippen LogP contribution is -2.18. The lowest BCUT2D eigenvalue weighted by molar-refractivity contribution is 0.0995. The van der Waals surface area contributed by atoms with Crippen LogP contribution in [0.15, 0.2) is 71.3 Å². The van der Waals surface area contributed by atoms with Gasteiger partial charge in [-0.1, -0.05) is 12.1 Å². The van der Waals surface area contributed by atoms with Gasteiger partial charge >= 0.3 is 0 Å². The van der Waals surface area contributed by atoms with E-state index in [-0.39, 0.29) is 17.6 Å². The highest BCUT2D eigenvalue weighted by atomic mass is 16.3. The number of nitrogens with one attached hydrogen (secondary N) is 2. The summed E-state index contributed by atoms with van der Waals surface area (Å²) in [5.41, 5.74) is 3.09. The zero-order valence-corrected chi connectivity index (χ0v) is 16.1. The Morgan fingerprint density at radius 2 is 1.62 bits per heavy atom. The molecule has 0 bridgehead atoms. The number of furan rings is 1. The molecule has 6 nitrogen and oxygen atoms in total. The van der Waals surface area contributed by atoms with Gasteiger partial charge in [0.25, 0.3) is 11.8 Å². The second-order valence-electron chi connectivity index (χ2n) is 7.15. The van der Waals surface area contributed by atoms with Crippen LogP contribution in [0.2, 0.25) is 0 Å². The van der Waals surface area contributed by atoms with Crippen LogP contribution in [0.4, 0.5) is 11.4 Å². The third-order valence-electron chi connectivity index (χ3n) is 4.94. The molecule has 1 fully saturated rings. The van der Waals surface area contributed by atoms with Crippen LogP contribution in [0.1, 0.15) is 39.3 Å². The Kier molecular flexibility index (Phi) is 5.72. The molecule has 2 N–H and O–H groups in total. The second-order valence-corrected chi connectivity index (χ2v) is 7.15. The second kappa shape index (κ2) is 8.75. The van der Waals surface area contributed by atoms with Gasteiger partial charge in [0, 0.05) is 23.5 Å². The molecular formula is C23H23N3O3. The number of carbonyl (C=O) groups excluding carboxylic acids is 2. The van der Waals surface area contributed by atoms with E-state index in [1.54, 1.807) is 36.4 Å². The fourth-order valence-corrected chi connectivity index (χ4v) is 3.46. The van der Waals surface area contributed by atoms with Crippen molar-refractivity contribution in [3.8, 4) is 0 Å². The number of nitrogens with zero attached hydrogens (tertiary/aromatic N) is 1. The Balaban J connectivity index is 1.36. The van der Waals surface area contributed by atoms with E-state index in [0.29, 0.717) is 11.3 Å². The van der Waals surface area contributed by atoms with E-state index in [1.807, 2.05) is 18.2 Å². The van der Waals surface area contributed by atoms with E-state index in [4.69, 9.17) is 4.42 Å². The van der Waals surface area contributed by atoms with E-state index < -0.39 is 0 Å². The molecule has 6 heteroatoms. The molecule has 0 radical (unpaired) electrons. The van der Waals surface area contributed by atoms with E-state index in [0.717, 1.165) is 25.3 Å². The molecule has 4 rings (SSSR count). The fraction of sp³-hybridized carbons (Fsp3) is 0.217. The predicted molar refractivity (Wildman–Crippen MR) is 112 cm³/mol. The molecule has 0 atom stereocenters. The summed E-state index contributed by atoms with van der Waals surface area (Å²) < 4.78 is 5.07. The van der Waals surface area contributed by atoms with Crippen LogP contribution in [-0.4, -0.2) is 29.8 Å². The molecule has 2 amide bonds. The normalized spacial score (nSPS) is 13.9. The third kappa shape index (κ3) is 4.92. The van der Waals surface area contributed by atoms with Gasteiger partial charge in [0.1, 0.15) is 0 Å². The lowest BCUT2D eigenvalue weighted by atomic mass is 10.1. The van der Waals surface area contributed by atoms with Crippen molar-refractivity contribution in [2.45, 2.75) is 19.4 Å². The molecule has 0 saturated carbocycles. The first kappa shape index (κ1) is 19.0. The maximum atomic E-state index is 12.6. The van der Waals surface area contributed by atoms with Gasteiger partial charge in [0.05, 0.1) is 6.26 Å². The Bertz CT molecular complexity index is 975. The first-order valence-electron chi connectivity index (χ1n) is 9.75. The van der Waals surface area contributed by atoms with Crippen LogP contribution in [-0.2, 0) is 6.54 Å². The van der Waals surface area contributed by atoms with Crippen LogP contribution in [0.3, 0.4) is 0 Å². The number of anilines is 2. The topological polar surface area (TPSA) is 74.6 Å². The Labute approximate surface area is 169 Å². The summed E-state index contributed by atoms with van der Waals surface area (Å²) in [6, 6.07) is 18.0. The van der Waals surface area contributed by atoms with Crippen LogP contribution >= 0.6 is 0 Å². The van der Waals surface area contributed by atoms with Gasteiger partial charge in [-0.25, -0.2) is 0 Å². The average molecular weight is 389 g/mol. The van der Waals surface area contributed by atoms with E-state index >= 15 is 0 Å². The van der Waals surface area contributed by atoms with Crippen molar-refractivity contribution in [1.29, 1.82) is 0 Å². The fourth-order valence-electron chi connectivity index (χ4n) is 3.46. The van der Waals surface area contributed by atoms with Crippen LogP contribution in [0, 0.1) is 0 Å². The summed E-state index contributed by atoms with van der Waals surface area (Å²) in [5.74, 6) is -0.283. The molecule has 0 spiro atoms. The SMILES string of the molecule is O=C(Nc1cccc(CN2CCCC2)c1)c1ccc(NC(=O)c2ccco2)cc1. The minimum absolute atomic E-state index is 0.188. The Morgan fingerprint density at radius 3 is 2.34 bits per heavy atom. The maximum absolute atomic E-state index is 12.6. The van der Waals surface area contributed by atoms with E-state index in [9.17, 15) is 9.59 Å². The van der Waals surface area contributed by atoms with Gasteiger partial charge in [-0.05, 0) is 80.0 Å². The van der Waals surface area contributed by atoms with Crippen molar-refractivity contribution >= 4 is 23.2 Å². The van der Waals surface area contributed by atoms with Gasteiger partial charge in [-0.2, -0.15) is 0 Å². The molecule has 0 unspecified atom stereocenters. The molecule has 1 aliphatic rings. The first-order valence-corrected chi connectivity index (χ1v) is 9.75. The van der Waals surface area contributed by atoms with Gasteiger partial charge in [0.15, 0.2) is 5.76 Å². The molecule has 1 saturated heterocycles. The number of benzene rings is 2. The van der Waals surface area contributed by atoms with E-state index in [1.165, 1.54) is 24.7 Å². The first-order chi connectivity index (χ1) is 14.2. The molecule has 148 valence electrons. The smallest absolute Gasteiger partial charge is 0.291 e. The van der Waals surface area contributed by atoms with Crippen molar-refractivity contribution in [3.63, 3.8) is 0 Å². The zero-order valence-electron chi connectivity index (χ0n) is 16.1. The molecule has 2 aromatic carbocycles. The molecule has 0 aliphatic carbocycles. The predicted octanol–water partition coefficient (Wildman–Crippen LogP) is 4.38. The molecule has 3 aromatic rings. The summed E-state index contributed by atoms with van der Waals surface area (Å²) >= 11 is 0. The number of carbonyl (C=O) groups is 2. The maximum Gasteiger partial charge on any atom is 0.291 e. The standard InChI is InChI=1S/C23H23N3O3/c27-22(25-20-6-3-5-17(15-20)16-26-12-1-2-13-26)18-8-10-19(11-9-18)24-23(28)21-7-4-14-29-21/h3-11,14-15H,1-2,12-13,16H2,(H,24,28)(H,25,27). The quantitative estimate of drug-likeness (QED) is 0.656. The van der Waals surface area contributed by atoms with Gasteiger partial charge in [-0.15, -0.1) is 0 Å². The minimum atomic E-state index is -0.331. The lowest BCUT2D eigenvalue weighted by Gasteiger charge is -2.15. The van der Waals surface area contributed by atoms with Crippen molar-refractivity contribution in [1.82, 2.24) is 4.90 Å². The van der Waals surface area contributed by atoms with Crippen molar-refractivity contribution in [3.05, 3.63) is 83.8 Å². The number of rotatable bonds is 6. The van der Waals surface area contributed by atoms with Crippen molar-refractivity contribution in [2.75, 3.05) is 23.7 Å². The Morgan fingerprint density at radius 1 is 0.862 bits per heavy atom. The number of hydrogen-bond donors (Lipinski definition) is 2. The van der Waals surface area contributed by atoms with Crippen LogP contribution in [0.25, 0.3) is 0 Å².